The van der Waals surface area contributed by atoms with Gasteiger partial charge in [-0.05, 0) is 35.2 Å². The molecule has 0 spiro atoms. The Morgan fingerprint density at radius 1 is 1.10 bits per heavy atom. The predicted octanol–water partition coefficient (Wildman–Crippen LogP) is 2.44. The average molecular weight is 394 g/mol. The number of hydrogen-bond acceptors (Lipinski definition) is 3. The molecule has 0 bridgehead atoms. The van der Waals surface area contributed by atoms with E-state index in [1.807, 2.05) is 43.3 Å². The molecule has 4 amide bonds. The number of nitrogens with zero attached hydrogens (tertiary/aromatic N) is 1. The highest BCUT2D eigenvalue weighted by Crippen LogP contribution is 2.38. The largest absolute Gasteiger partial charge is 0.368 e. The van der Waals surface area contributed by atoms with Gasteiger partial charge in [0.25, 0.3) is 5.91 Å². The minimum atomic E-state index is -0.686. The van der Waals surface area contributed by atoms with E-state index in [2.05, 4.69) is 5.32 Å². The highest BCUT2D eigenvalue weighted by molar-refractivity contribution is 5.97. The Morgan fingerprint density at radius 2 is 1.79 bits per heavy atom. The van der Waals surface area contributed by atoms with E-state index in [1.165, 1.54) is 0 Å². The predicted molar refractivity (Wildman–Crippen MR) is 110 cm³/mol. The monoisotopic (exact) mass is 394 g/mol. The fourth-order valence-electron chi connectivity index (χ4n) is 3.70. The number of fused-ring (bicyclic) bond motifs is 1. The normalized spacial score (nSPS) is 16.2. The van der Waals surface area contributed by atoms with Crippen LogP contribution < -0.4 is 16.8 Å². The lowest BCUT2D eigenvalue weighted by molar-refractivity contribution is -0.120. The number of nitrogens with one attached hydrogen (secondary N) is 1. The van der Waals surface area contributed by atoms with Crippen molar-refractivity contribution in [1.82, 2.24) is 10.2 Å². The molecule has 152 valence electrons. The molecule has 0 fully saturated rings. The van der Waals surface area contributed by atoms with Crippen molar-refractivity contribution in [3.63, 3.8) is 0 Å². The Labute approximate surface area is 170 Å². The molecular weight excluding hydrogens is 368 g/mol. The molecule has 5 N–H and O–H groups in total. The van der Waals surface area contributed by atoms with Gasteiger partial charge in [0.1, 0.15) is 6.04 Å². The van der Waals surface area contributed by atoms with E-state index in [1.54, 1.807) is 17.0 Å². The summed E-state index contributed by atoms with van der Waals surface area (Å²) in [5.41, 5.74) is 14.3. The topological polar surface area (TPSA) is 119 Å². The first-order chi connectivity index (χ1) is 13.9. The first-order valence-corrected chi connectivity index (χ1v) is 9.76. The molecule has 0 radical (unpaired) electrons. The van der Waals surface area contributed by atoms with Gasteiger partial charge in [-0.2, -0.15) is 0 Å². The van der Waals surface area contributed by atoms with Gasteiger partial charge < -0.3 is 21.7 Å². The molecule has 0 aromatic heterocycles. The molecular formula is C22H26N4O3. The number of urea groups is 1. The van der Waals surface area contributed by atoms with E-state index in [0.29, 0.717) is 18.5 Å². The summed E-state index contributed by atoms with van der Waals surface area (Å²) in [6, 6.07) is 13.3. The van der Waals surface area contributed by atoms with E-state index in [0.717, 1.165) is 29.5 Å². The Morgan fingerprint density at radius 3 is 2.41 bits per heavy atom. The number of carbonyl (C=O) groups excluding carboxylic acids is 3. The Hall–Kier alpha value is -3.35. The van der Waals surface area contributed by atoms with Crippen LogP contribution in [0.4, 0.5) is 4.79 Å². The quantitative estimate of drug-likeness (QED) is 0.669. The number of rotatable bonds is 7. The van der Waals surface area contributed by atoms with Gasteiger partial charge in [0.05, 0.1) is 6.04 Å². The average Bonchev–Trinajstić information content (AvgIpc) is 3.11. The lowest BCUT2D eigenvalue weighted by Gasteiger charge is -2.24. The molecule has 1 aliphatic heterocycles. The maximum atomic E-state index is 12.5. The van der Waals surface area contributed by atoms with Crippen LogP contribution in [0.5, 0.6) is 0 Å². The van der Waals surface area contributed by atoms with E-state index in [-0.39, 0.29) is 11.9 Å². The molecule has 1 heterocycles. The summed E-state index contributed by atoms with van der Waals surface area (Å²) in [5, 5.41) is 2.70. The molecule has 2 aromatic rings. The van der Waals surface area contributed by atoms with Gasteiger partial charge in [0, 0.05) is 12.1 Å². The number of carbonyl (C=O) groups is 3. The minimum Gasteiger partial charge on any atom is -0.368 e. The third-order valence-electron chi connectivity index (χ3n) is 5.27. The number of primary amides is 2. The lowest BCUT2D eigenvalue weighted by Crippen LogP contribution is -2.44. The van der Waals surface area contributed by atoms with E-state index < -0.39 is 18.0 Å². The zero-order chi connectivity index (χ0) is 21.0. The summed E-state index contributed by atoms with van der Waals surface area (Å²) in [6.45, 7) is 2.46. The maximum absolute atomic E-state index is 12.5. The van der Waals surface area contributed by atoms with Crippen LogP contribution in [0.25, 0.3) is 0 Å². The second-order valence-corrected chi connectivity index (χ2v) is 7.26. The standard InChI is InChI=1S/C22H26N4O3/c1-2-3-8-18(20(23)27)25-21(28)15-11-9-14(10-12-15)19-17-7-5-4-6-16(17)13-26(19)22(24)29/h4-7,9-12,18-19H,2-3,8,13H2,1H3,(H2,23,27)(H2,24,29)(H,25,28). The van der Waals surface area contributed by atoms with E-state index in [4.69, 9.17) is 11.5 Å². The number of benzene rings is 2. The maximum Gasteiger partial charge on any atom is 0.315 e. The third kappa shape index (κ3) is 4.39. The molecule has 0 saturated carbocycles. The second-order valence-electron chi connectivity index (χ2n) is 7.26. The zero-order valence-corrected chi connectivity index (χ0v) is 16.4. The van der Waals surface area contributed by atoms with Crippen molar-refractivity contribution in [3.05, 3.63) is 70.8 Å². The van der Waals surface area contributed by atoms with Gasteiger partial charge in [-0.25, -0.2) is 4.79 Å². The first kappa shape index (κ1) is 20.4. The lowest BCUT2D eigenvalue weighted by atomic mass is 9.97. The van der Waals surface area contributed by atoms with Crippen molar-refractivity contribution in [2.45, 2.75) is 44.8 Å². The van der Waals surface area contributed by atoms with Crippen LogP contribution in [0, 0.1) is 0 Å². The molecule has 2 aromatic carbocycles. The van der Waals surface area contributed by atoms with Gasteiger partial charge in [-0.3, -0.25) is 9.59 Å². The number of hydrogen-bond donors (Lipinski definition) is 3. The fraction of sp³-hybridized carbons (Fsp3) is 0.318. The van der Waals surface area contributed by atoms with Crippen LogP contribution in [-0.4, -0.2) is 28.8 Å². The van der Waals surface area contributed by atoms with E-state index in [9.17, 15) is 14.4 Å². The fourth-order valence-corrected chi connectivity index (χ4v) is 3.70. The SMILES string of the molecule is CCCCC(NC(=O)c1ccc(C2c3ccccc3CN2C(N)=O)cc1)C(N)=O. The van der Waals surface area contributed by atoms with E-state index >= 15 is 0 Å². The van der Waals surface area contributed by atoms with Crippen LogP contribution in [0.1, 0.15) is 59.3 Å². The Bertz CT molecular complexity index is 911. The number of unbranched alkanes of at least 4 members (excludes halogenated alkanes) is 1. The highest BCUT2D eigenvalue weighted by atomic mass is 16.2. The molecule has 0 aliphatic carbocycles. The van der Waals surface area contributed by atoms with Gasteiger partial charge >= 0.3 is 6.03 Å². The first-order valence-electron chi connectivity index (χ1n) is 9.76. The van der Waals surface area contributed by atoms with Gasteiger partial charge in [0.15, 0.2) is 0 Å². The van der Waals surface area contributed by atoms with Crippen molar-refractivity contribution < 1.29 is 14.4 Å². The molecule has 2 atom stereocenters. The van der Waals surface area contributed by atoms with Crippen molar-refractivity contribution in [2.24, 2.45) is 11.5 Å². The second kappa shape index (κ2) is 8.77. The van der Waals surface area contributed by atoms with Crippen LogP contribution in [-0.2, 0) is 11.3 Å². The third-order valence-corrected chi connectivity index (χ3v) is 5.27. The molecule has 7 nitrogen and oxygen atoms in total. The summed E-state index contributed by atoms with van der Waals surface area (Å²) in [6.07, 6.45) is 2.23. The zero-order valence-electron chi connectivity index (χ0n) is 16.4. The molecule has 2 unspecified atom stereocenters. The summed E-state index contributed by atoms with van der Waals surface area (Å²) in [4.78, 5) is 37.6. The van der Waals surface area contributed by atoms with Crippen LogP contribution >= 0.6 is 0 Å². The van der Waals surface area contributed by atoms with Crippen LogP contribution in [0.15, 0.2) is 48.5 Å². The van der Waals surface area contributed by atoms with Gasteiger partial charge in [-0.15, -0.1) is 0 Å². The summed E-state index contributed by atoms with van der Waals surface area (Å²) in [5.74, 6) is -0.891. The summed E-state index contributed by atoms with van der Waals surface area (Å²) in [7, 11) is 0. The van der Waals surface area contributed by atoms with Crippen LogP contribution in [0.3, 0.4) is 0 Å². The van der Waals surface area contributed by atoms with Crippen molar-refractivity contribution >= 4 is 17.8 Å². The summed E-state index contributed by atoms with van der Waals surface area (Å²) < 4.78 is 0. The molecule has 0 saturated heterocycles. The molecule has 3 rings (SSSR count). The van der Waals surface area contributed by atoms with Gasteiger partial charge in [0.2, 0.25) is 5.91 Å². The van der Waals surface area contributed by atoms with Crippen molar-refractivity contribution in [1.29, 1.82) is 0 Å². The van der Waals surface area contributed by atoms with Crippen LogP contribution in [0.2, 0.25) is 0 Å². The Balaban J connectivity index is 1.79. The van der Waals surface area contributed by atoms with Gasteiger partial charge in [-0.1, -0.05) is 56.2 Å². The number of nitrogens with two attached hydrogens (primary N) is 2. The number of amides is 4. The summed E-state index contributed by atoms with van der Waals surface area (Å²) >= 11 is 0. The minimum absolute atomic E-state index is 0.288. The highest BCUT2D eigenvalue weighted by Gasteiger charge is 2.33. The Kier molecular flexibility index (Phi) is 6.16. The molecule has 1 aliphatic rings. The molecule has 29 heavy (non-hydrogen) atoms. The van der Waals surface area contributed by atoms with Crippen molar-refractivity contribution in [2.75, 3.05) is 0 Å². The van der Waals surface area contributed by atoms with Crippen molar-refractivity contribution in [3.8, 4) is 0 Å². The molecule has 7 heteroatoms. The smallest absolute Gasteiger partial charge is 0.315 e.